The van der Waals surface area contributed by atoms with Crippen LogP contribution in [0, 0.1) is 5.92 Å². The van der Waals surface area contributed by atoms with Crippen molar-refractivity contribution in [2.45, 2.75) is 38.3 Å². The number of aromatic nitrogens is 2. The van der Waals surface area contributed by atoms with Gasteiger partial charge in [0, 0.05) is 32.1 Å². The molecule has 3 aromatic rings. The first-order valence-corrected chi connectivity index (χ1v) is 10.8. The summed E-state index contributed by atoms with van der Waals surface area (Å²) in [6, 6.07) is 16.0. The number of benzene rings is 2. The molecule has 0 unspecified atom stereocenters. The summed E-state index contributed by atoms with van der Waals surface area (Å²) in [7, 11) is 4.04. The Balaban J connectivity index is 1.29. The molecule has 3 N–H and O–H groups in total. The van der Waals surface area contributed by atoms with Gasteiger partial charge in [0.25, 0.3) is 0 Å². The lowest BCUT2D eigenvalue weighted by Crippen LogP contribution is -2.31. The second-order valence-corrected chi connectivity index (χ2v) is 8.45. The molecule has 6 nitrogen and oxygen atoms in total. The topological polar surface area (TPSA) is 73.3 Å². The Morgan fingerprint density at radius 1 is 1.00 bits per heavy atom. The predicted octanol–water partition coefficient (Wildman–Crippen LogP) is 4.16. The highest BCUT2D eigenvalue weighted by molar-refractivity contribution is 5.90. The van der Waals surface area contributed by atoms with Crippen molar-refractivity contribution in [1.29, 1.82) is 0 Å². The monoisotopic (exact) mass is 405 g/mol. The van der Waals surface area contributed by atoms with E-state index in [-0.39, 0.29) is 0 Å². The second kappa shape index (κ2) is 9.30. The molecule has 1 heterocycles. The Labute approximate surface area is 178 Å². The molecule has 1 aliphatic rings. The van der Waals surface area contributed by atoms with Gasteiger partial charge in [-0.3, -0.25) is 0 Å². The van der Waals surface area contributed by atoms with E-state index < -0.39 is 0 Å². The van der Waals surface area contributed by atoms with Gasteiger partial charge in [-0.05, 0) is 68.0 Å². The van der Waals surface area contributed by atoms with E-state index in [0.29, 0.717) is 17.7 Å². The third-order valence-electron chi connectivity index (χ3n) is 5.86. The van der Waals surface area contributed by atoms with Crippen molar-refractivity contribution in [2.24, 2.45) is 5.92 Å². The molecular weight excluding hydrogens is 374 g/mol. The Kier molecular flexibility index (Phi) is 6.33. The van der Waals surface area contributed by atoms with Gasteiger partial charge in [-0.15, -0.1) is 0 Å². The van der Waals surface area contributed by atoms with Crippen molar-refractivity contribution in [3.8, 4) is 5.75 Å². The lowest BCUT2D eigenvalue weighted by molar-refractivity contribution is 0.323. The predicted molar refractivity (Wildman–Crippen MR) is 123 cm³/mol. The van der Waals surface area contributed by atoms with Crippen molar-refractivity contribution in [3.63, 3.8) is 0 Å². The molecule has 158 valence electrons. The molecule has 1 saturated carbocycles. The van der Waals surface area contributed by atoms with Crippen LogP contribution in [0.5, 0.6) is 5.75 Å². The molecule has 0 saturated heterocycles. The van der Waals surface area contributed by atoms with Gasteiger partial charge < -0.3 is 20.6 Å². The van der Waals surface area contributed by atoms with Gasteiger partial charge in [0.1, 0.15) is 11.6 Å². The maximum absolute atomic E-state index is 9.57. The SMILES string of the molecule is CN(C)c1nc(N[C@H]2CC[C@@H](CNCc3cccc(O)c3)CC2)nc2ccccc12. The normalized spacial score (nSPS) is 19.0. The van der Waals surface area contributed by atoms with Gasteiger partial charge in [0.15, 0.2) is 0 Å². The van der Waals surface area contributed by atoms with Crippen molar-refractivity contribution in [2.75, 3.05) is 30.9 Å². The summed E-state index contributed by atoms with van der Waals surface area (Å²) >= 11 is 0. The van der Waals surface area contributed by atoms with Gasteiger partial charge in [-0.1, -0.05) is 24.3 Å². The van der Waals surface area contributed by atoms with Crippen LogP contribution in [-0.2, 0) is 6.54 Å². The molecule has 2 aromatic carbocycles. The fraction of sp³-hybridized carbons (Fsp3) is 0.417. The summed E-state index contributed by atoms with van der Waals surface area (Å²) in [5.41, 5.74) is 2.10. The van der Waals surface area contributed by atoms with E-state index in [9.17, 15) is 5.11 Å². The molecular formula is C24H31N5O. The molecule has 1 aliphatic carbocycles. The average molecular weight is 406 g/mol. The number of hydrogen-bond acceptors (Lipinski definition) is 6. The number of anilines is 2. The summed E-state index contributed by atoms with van der Waals surface area (Å²) in [6.45, 7) is 1.81. The van der Waals surface area contributed by atoms with E-state index in [2.05, 4.69) is 16.7 Å². The number of nitrogens with one attached hydrogen (secondary N) is 2. The molecule has 4 rings (SSSR count). The zero-order valence-electron chi connectivity index (χ0n) is 17.8. The van der Waals surface area contributed by atoms with E-state index in [1.165, 1.54) is 12.8 Å². The highest BCUT2D eigenvalue weighted by Crippen LogP contribution is 2.28. The molecule has 0 atom stereocenters. The largest absolute Gasteiger partial charge is 0.508 e. The second-order valence-electron chi connectivity index (χ2n) is 8.45. The van der Waals surface area contributed by atoms with Crippen molar-refractivity contribution in [3.05, 3.63) is 54.1 Å². The van der Waals surface area contributed by atoms with Gasteiger partial charge in [0.2, 0.25) is 5.95 Å². The van der Waals surface area contributed by atoms with E-state index >= 15 is 0 Å². The maximum Gasteiger partial charge on any atom is 0.225 e. The average Bonchev–Trinajstić information content (AvgIpc) is 2.74. The number of aromatic hydroxyl groups is 1. The third kappa shape index (κ3) is 5.00. The quantitative estimate of drug-likeness (QED) is 0.548. The minimum absolute atomic E-state index is 0.328. The summed E-state index contributed by atoms with van der Waals surface area (Å²) in [4.78, 5) is 11.6. The number of fused-ring (bicyclic) bond motifs is 1. The minimum atomic E-state index is 0.328. The van der Waals surface area contributed by atoms with Crippen LogP contribution >= 0.6 is 0 Å². The number of hydrogen-bond donors (Lipinski definition) is 3. The first-order chi connectivity index (χ1) is 14.6. The van der Waals surface area contributed by atoms with Crippen LogP contribution in [0.3, 0.4) is 0 Å². The van der Waals surface area contributed by atoms with E-state index in [1.807, 2.05) is 55.4 Å². The van der Waals surface area contributed by atoms with Crippen LogP contribution in [0.2, 0.25) is 0 Å². The molecule has 1 aromatic heterocycles. The summed E-state index contributed by atoms with van der Waals surface area (Å²) in [5, 5.41) is 17.8. The van der Waals surface area contributed by atoms with E-state index in [1.54, 1.807) is 6.07 Å². The van der Waals surface area contributed by atoms with Crippen molar-refractivity contribution < 1.29 is 5.11 Å². The fourth-order valence-corrected chi connectivity index (χ4v) is 4.25. The summed E-state index contributed by atoms with van der Waals surface area (Å²) < 4.78 is 0. The van der Waals surface area contributed by atoms with Crippen molar-refractivity contribution in [1.82, 2.24) is 15.3 Å². The Hall–Kier alpha value is -2.86. The van der Waals surface area contributed by atoms with Gasteiger partial charge in [0.05, 0.1) is 5.52 Å². The van der Waals surface area contributed by atoms with Crippen LogP contribution in [0.15, 0.2) is 48.5 Å². The smallest absolute Gasteiger partial charge is 0.225 e. The molecule has 0 radical (unpaired) electrons. The summed E-state index contributed by atoms with van der Waals surface area (Å²) in [6.07, 6.45) is 4.65. The Morgan fingerprint density at radius 3 is 2.57 bits per heavy atom. The van der Waals surface area contributed by atoms with Gasteiger partial charge in [-0.2, -0.15) is 4.98 Å². The lowest BCUT2D eigenvalue weighted by atomic mass is 9.86. The van der Waals surface area contributed by atoms with Gasteiger partial charge >= 0.3 is 0 Å². The first kappa shape index (κ1) is 20.4. The van der Waals surface area contributed by atoms with Crippen LogP contribution in [0.4, 0.5) is 11.8 Å². The third-order valence-corrected chi connectivity index (χ3v) is 5.86. The van der Waals surface area contributed by atoms with Crippen LogP contribution in [-0.4, -0.2) is 41.8 Å². The summed E-state index contributed by atoms with van der Waals surface area (Å²) in [5.74, 6) is 2.69. The zero-order valence-corrected chi connectivity index (χ0v) is 17.8. The Morgan fingerprint density at radius 2 is 1.80 bits per heavy atom. The van der Waals surface area contributed by atoms with Crippen LogP contribution in [0.1, 0.15) is 31.2 Å². The molecule has 0 spiro atoms. The number of phenolic OH excluding ortho intramolecular Hbond substituents is 1. The minimum Gasteiger partial charge on any atom is -0.508 e. The highest BCUT2D eigenvalue weighted by Gasteiger charge is 2.22. The van der Waals surface area contributed by atoms with E-state index in [0.717, 1.165) is 54.2 Å². The first-order valence-electron chi connectivity index (χ1n) is 10.8. The molecule has 0 bridgehead atoms. The fourth-order valence-electron chi connectivity index (χ4n) is 4.25. The van der Waals surface area contributed by atoms with Crippen LogP contribution in [0.25, 0.3) is 10.9 Å². The maximum atomic E-state index is 9.57. The lowest BCUT2D eigenvalue weighted by Gasteiger charge is -2.29. The van der Waals surface area contributed by atoms with E-state index in [4.69, 9.17) is 9.97 Å². The zero-order chi connectivity index (χ0) is 20.9. The Bertz CT molecular complexity index is 982. The number of rotatable bonds is 7. The molecule has 6 heteroatoms. The number of phenols is 1. The van der Waals surface area contributed by atoms with Gasteiger partial charge in [-0.25, -0.2) is 4.98 Å². The van der Waals surface area contributed by atoms with Crippen LogP contribution < -0.4 is 15.5 Å². The standard InChI is InChI=1S/C24H31N5O/c1-29(2)23-21-8-3-4-9-22(21)27-24(28-23)26-19-12-10-17(11-13-19)15-25-16-18-6-5-7-20(30)14-18/h3-9,14,17,19,25,30H,10-13,15-16H2,1-2H3,(H,26,27,28)/t17-,19+. The molecule has 0 aliphatic heterocycles. The number of para-hydroxylation sites is 1. The molecule has 0 amide bonds. The molecule has 30 heavy (non-hydrogen) atoms. The molecule has 1 fully saturated rings. The highest BCUT2D eigenvalue weighted by atomic mass is 16.3. The number of nitrogens with zero attached hydrogens (tertiary/aromatic N) is 3. The van der Waals surface area contributed by atoms with Crippen molar-refractivity contribution >= 4 is 22.7 Å².